The lowest BCUT2D eigenvalue weighted by molar-refractivity contribution is 0.125. The van der Waals surface area contributed by atoms with Crippen molar-refractivity contribution in [3.8, 4) is 0 Å². The van der Waals surface area contributed by atoms with E-state index in [1.165, 1.54) is 0 Å². The van der Waals surface area contributed by atoms with Crippen LogP contribution >= 0.6 is 0 Å². The minimum Gasteiger partial charge on any atom is -0.449 e. The van der Waals surface area contributed by atoms with Crippen molar-refractivity contribution in [2.75, 3.05) is 13.2 Å². The number of carbonyl (C=O) groups is 2. The van der Waals surface area contributed by atoms with Crippen LogP contribution in [0.15, 0.2) is 30.3 Å². The summed E-state index contributed by atoms with van der Waals surface area (Å²) in [4.78, 5) is 22.3. The molecule has 0 radical (unpaired) electrons. The molecule has 5 nitrogen and oxygen atoms in total. The molecule has 1 aromatic carbocycles. The van der Waals surface area contributed by atoms with Crippen molar-refractivity contribution in [2.45, 2.75) is 12.8 Å². The molecule has 19 heavy (non-hydrogen) atoms. The van der Waals surface area contributed by atoms with E-state index in [0.29, 0.717) is 0 Å². The van der Waals surface area contributed by atoms with Crippen LogP contribution in [0.5, 0.6) is 0 Å². The lowest BCUT2D eigenvalue weighted by Crippen LogP contribution is -2.32. The minimum atomic E-state index is -0.796. The Morgan fingerprint density at radius 3 is 2.74 bits per heavy atom. The average Bonchev–Trinajstić information content (AvgIpc) is 2.80. The first-order valence-corrected chi connectivity index (χ1v) is 6.08. The number of rotatable bonds is 3. The third kappa shape index (κ3) is 3.34. The monoisotopic (exact) mass is 261 g/mol. The fraction of sp³-hybridized carbons (Fsp3) is 0.286. The Balaban J connectivity index is 1.83. The molecule has 0 heterocycles. The summed E-state index contributed by atoms with van der Waals surface area (Å²) in [6.45, 7) is 2.06. The van der Waals surface area contributed by atoms with Crippen molar-refractivity contribution in [1.82, 2.24) is 5.32 Å². The SMILES string of the molecule is CCOC(=O)NC(=O)OCC1C=Cc2ccccc21. The van der Waals surface area contributed by atoms with Crippen LogP contribution in [0.2, 0.25) is 0 Å². The molecule has 0 aromatic heterocycles. The molecule has 100 valence electrons. The van der Waals surface area contributed by atoms with Crippen LogP contribution in [0.25, 0.3) is 6.08 Å². The van der Waals surface area contributed by atoms with Crippen LogP contribution in [-0.2, 0) is 9.47 Å². The lowest BCUT2D eigenvalue weighted by atomic mass is 10.0. The van der Waals surface area contributed by atoms with Crippen LogP contribution in [0.1, 0.15) is 24.0 Å². The van der Waals surface area contributed by atoms with E-state index in [-0.39, 0.29) is 19.1 Å². The summed E-state index contributed by atoms with van der Waals surface area (Å²) >= 11 is 0. The third-order valence-corrected chi connectivity index (χ3v) is 2.78. The van der Waals surface area contributed by atoms with E-state index < -0.39 is 12.2 Å². The smallest absolute Gasteiger partial charge is 0.416 e. The van der Waals surface area contributed by atoms with E-state index in [1.54, 1.807) is 6.92 Å². The van der Waals surface area contributed by atoms with E-state index >= 15 is 0 Å². The van der Waals surface area contributed by atoms with Gasteiger partial charge in [0.1, 0.15) is 6.61 Å². The second kappa shape index (κ2) is 6.04. The van der Waals surface area contributed by atoms with Crippen molar-refractivity contribution in [3.63, 3.8) is 0 Å². The van der Waals surface area contributed by atoms with Gasteiger partial charge in [-0.15, -0.1) is 0 Å². The van der Waals surface area contributed by atoms with Crippen LogP contribution in [0.3, 0.4) is 0 Å². The number of hydrogen-bond donors (Lipinski definition) is 1. The van der Waals surface area contributed by atoms with Crippen LogP contribution in [0, 0.1) is 0 Å². The fourth-order valence-electron chi connectivity index (χ4n) is 1.92. The van der Waals surface area contributed by atoms with Crippen LogP contribution in [-0.4, -0.2) is 25.4 Å². The maximum atomic E-state index is 11.3. The molecule has 0 saturated heterocycles. The maximum Gasteiger partial charge on any atom is 0.416 e. The number of nitrogens with one attached hydrogen (secondary N) is 1. The Hall–Kier alpha value is -2.30. The van der Waals surface area contributed by atoms with Gasteiger partial charge in [-0.3, -0.25) is 0 Å². The standard InChI is InChI=1S/C14H15NO4/c1-2-18-13(16)15-14(17)19-9-11-8-7-10-5-3-4-6-12(10)11/h3-8,11H,2,9H2,1H3,(H,15,16,17). The molecular weight excluding hydrogens is 246 g/mol. The van der Waals surface area contributed by atoms with Gasteiger partial charge in [0, 0.05) is 5.92 Å². The van der Waals surface area contributed by atoms with Gasteiger partial charge in [0.25, 0.3) is 0 Å². The summed E-state index contributed by atoms with van der Waals surface area (Å²) in [5, 5.41) is 1.98. The summed E-state index contributed by atoms with van der Waals surface area (Å²) < 4.78 is 9.57. The van der Waals surface area contributed by atoms with E-state index in [2.05, 4.69) is 4.74 Å². The average molecular weight is 261 g/mol. The number of fused-ring (bicyclic) bond motifs is 1. The van der Waals surface area contributed by atoms with Crippen molar-refractivity contribution in [1.29, 1.82) is 0 Å². The fourth-order valence-corrected chi connectivity index (χ4v) is 1.92. The highest BCUT2D eigenvalue weighted by Crippen LogP contribution is 2.29. The summed E-state index contributed by atoms with van der Waals surface area (Å²) in [7, 11) is 0. The summed E-state index contributed by atoms with van der Waals surface area (Å²) in [6.07, 6.45) is 2.38. The van der Waals surface area contributed by atoms with Gasteiger partial charge in [-0.05, 0) is 18.1 Å². The molecule has 0 bridgehead atoms. The molecule has 0 aliphatic heterocycles. The van der Waals surface area contributed by atoms with E-state index in [9.17, 15) is 9.59 Å². The van der Waals surface area contributed by atoms with Gasteiger partial charge in [0.15, 0.2) is 0 Å². The van der Waals surface area contributed by atoms with Gasteiger partial charge >= 0.3 is 12.2 Å². The molecule has 1 atom stereocenters. The first kappa shape index (κ1) is 13.1. The largest absolute Gasteiger partial charge is 0.449 e. The predicted molar refractivity (Wildman–Crippen MR) is 69.7 cm³/mol. The summed E-state index contributed by atoms with van der Waals surface area (Å²) in [5.74, 6) is 0.0316. The van der Waals surface area contributed by atoms with Gasteiger partial charge in [-0.2, -0.15) is 0 Å². The second-order valence-corrected chi connectivity index (χ2v) is 4.04. The Morgan fingerprint density at radius 1 is 1.21 bits per heavy atom. The molecule has 5 heteroatoms. The predicted octanol–water partition coefficient (Wildman–Crippen LogP) is 2.68. The number of alkyl carbamates (subject to hydrolysis) is 2. The Bertz CT molecular complexity index is 510. The number of amides is 2. The van der Waals surface area contributed by atoms with Gasteiger partial charge in [0.05, 0.1) is 6.61 Å². The topological polar surface area (TPSA) is 64.6 Å². The Kier molecular flexibility index (Phi) is 4.18. The molecule has 2 rings (SSSR count). The maximum absolute atomic E-state index is 11.3. The number of imide groups is 1. The molecule has 1 N–H and O–H groups in total. The van der Waals surface area contributed by atoms with Gasteiger partial charge in [-0.1, -0.05) is 36.4 Å². The number of ether oxygens (including phenoxy) is 2. The number of carbonyl (C=O) groups excluding carboxylic acids is 2. The quantitative estimate of drug-likeness (QED) is 0.908. The van der Waals surface area contributed by atoms with Crippen molar-refractivity contribution < 1.29 is 19.1 Å². The van der Waals surface area contributed by atoms with Crippen molar-refractivity contribution >= 4 is 18.3 Å². The van der Waals surface area contributed by atoms with Crippen molar-refractivity contribution in [3.05, 3.63) is 41.5 Å². The molecule has 1 aliphatic carbocycles. The molecule has 2 amide bonds. The highest BCUT2D eigenvalue weighted by atomic mass is 16.6. The van der Waals surface area contributed by atoms with E-state index in [0.717, 1.165) is 11.1 Å². The Labute approximate surface area is 111 Å². The third-order valence-electron chi connectivity index (χ3n) is 2.78. The highest BCUT2D eigenvalue weighted by Gasteiger charge is 2.19. The van der Waals surface area contributed by atoms with Gasteiger partial charge in [-0.25, -0.2) is 14.9 Å². The summed E-state index contributed by atoms with van der Waals surface area (Å²) in [6, 6.07) is 7.90. The zero-order valence-electron chi connectivity index (χ0n) is 10.6. The van der Waals surface area contributed by atoms with Crippen molar-refractivity contribution in [2.24, 2.45) is 0 Å². The lowest BCUT2D eigenvalue weighted by Gasteiger charge is -2.11. The molecule has 1 unspecified atom stereocenters. The number of hydrogen-bond acceptors (Lipinski definition) is 4. The number of benzene rings is 1. The second-order valence-electron chi connectivity index (χ2n) is 4.04. The highest BCUT2D eigenvalue weighted by molar-refractivity contribution is 5.87. The zero-order valence-corrected chi connectivity index (χ0v) is 10.6. The zero-order chi connectivity index (χ0) is 13.7. The molecule has 1 aromatic rings. The molecule has 1 aliphatic rings. The van der Waals surface area contributed by atoms with Crippen LogP contribution in [0.4, 0.5) is 9.59 Å². The Morgan fingerprint density at radius 2 is 1.95 bits per heavy atom. The first-order chi connectivity index (χ1) is 9.20. The summed E-state index contributed by atoms with van der Waals surface area (Å²) in [5.41, 5.74) is 2.24. The minimum absolute atomic E-state index is 0.0316. The first-order valence-electron chi connectivity index (χ1n) is 6.08. The van der Waals surface area contributed by atoms with Gasteiger partial charge in [0.2, 0.25) is 0 Å². The normalized spacial score (nSPS) is 15.7. The van der Waals surface area contributed by atoms with E-state index in [1.807, 2.05) is 41.7 Å². The van der Waals surface area contributed by atoms with Gasteiger partial charge < -0.3 is 9.47 Å². The molecule has 0 spiro atoms. The molecular formula is C14H15NO4. The van der Waals surface area contributed by atoms with E-state index in [4.69, 9.17) is 4.74 Å². The molecule has 0 saturated carbocycles. The van der Waals surface area contributed by atoms with Crippen LogP contribution < -0.4 is 5.32 Å². The molecule has 0 fully saturated rings.